The molecule has 0 aliphatic carbocycles. The minimum atomic E-state index is -0.343. The maximum Gasteiger partial charge on any atom is 0.322 e. The van der Waals surface area contributed by atoms with Crippen LogP contribution in [0.4, 0.5) is 10.5 Å². The number of amides is 2. The summed E-state index contributed by atoms with van der Waals surface area (Å²) in [6.07, 6.45) is 2.04. The third-order valence-corrected chi connectivity index (χ3v) is 7.41. The number of urea groups is 1. The van der Waals surface area contributed by atoms with Crippen LogP contribution >= 0.6 is 11.6 Å². The van der Waals surface area contributed by atoms with E-state index in [0.29, 0.717) is 11.6 Å². The summed E-state index contributed by atoms with van der Waals surface area (Å²) in [4.78, 5) is 16.0. The zero-order valence-electron chi connectivity index (χ0n) is 21.5. The Bertz CT molecular complexity index is 1640. The number of hydrogen-bond donors (Lipinski definition) is 1. The van der Waals surface area contributed by atoms with Crippen molar-refractivity contribution < 1.29 is 4.79 Å². The van der Waals surface area contributed by atoms with Gasteiger partial charge in [0.05, 0.1) is 29.7 Å². The van der Waals surface area contributed by atoms with Gasteiger partial charge in [0.2, 0.25) is 0 Å². The standard InChI is InChI=1S/C31H28ClN5O/c1-20-11-16-27(21(2)18-20)33-31(38)36-19-26-22(3)34-37(25-8-5-4-6-9-25)30(26)35-17-7-10-28(35)29(36)23-12-14-24(32)15-13-23/h4-18,29H,19H2,1-3H3,(H,33,38)/t29-/m0/s1. The van der Waals surface area contributed by atoms with E-state index in [4.69, 9.17) is 16.7 Å². The van der Waals surface area contributed by atoms with Gasteiger partial charge >= 0.3 is 6.03 Å². The molecule has 1 N–H and O–H groups in total. The van der Waals surface area contributed by atoms with Crippen molar-refractivity contribution in [1.82, 2.24) is 19.2 Å². The molecule has 1 aliphatic heterocycles. The quantitative estimate of drug-likeness (QED) is 0.269. The lowest BCUT2D eigenvalue weighted by atomic mass is 10.0. The first-order valence-corrected chi connectivity index (χ1v) is 13.0. The number of nitrogens with one attached hydrogen (secondary N) is 1. The van der Waals surface area contributed by atoms with Gasteiger partial charge in [-0.3, -0.25) is 0 Å². The van der Waals surface area contributed by atoms with E-state index in [0.717, 1.165) is 50.8 Å². The average Bonchev–Trinajstić information content (AvgIpc) is 3.47. The Labute approximate surface area is 227 Å². The van der Waals surface area contributed by atoms with E-state index in [1.807, 2.05) is 109 Å². The van der Waals surface area contributed by atoms with Gasteiger partial charge in [0, 0.05) is 22.5 Å². The molecule has 6 rings (SSSR count). The van der Waals surface area contributed by atoms with Crippen molar-refractivity contribution in [2.24, 2.45) is 0 Å². The van der Waals surface area contributed by atoms with Crippen LogP contribution < -0.4 is 5.32 Å². The van der Waals surface area contributed by atoms with Gasteiger partial charge in [-0.25, -0.2) is 9.48 Å². The summed E-state index contributed by atoms with van der Waals surface area (Å²) < 4.78 is 4.13. The number of anilines is 1. The number of benzene rings is 3. The van der Waals surface area contributed by atoms with Gasteiger partial charge < -0.3 is 14.8 Å². The normalized spacial score (nSPS) is 14.5. The fourth-order valence-electron chi connectivity index (χ4n) is 5.29. The molecule has 2 amide bonds. The second-order valence-electron chi connectivity index (χ2n) is 9.77. The summed E-state index contributed by atoms with van der Waals surface area (Å²) in [6.45, 7) is 6.45. The first kappa shape index (κ1) is 24.1. The van der Waals surface area contributed by atoms with Gasteiger partial charge in [-0.05, 0) is 74.4 Å². The van der Waals surface area contributed by atoms with Gasteiger partial charge in [0.15, 0.2) is 0 Å². The lowest BCUT2D eigenvalue weighted by Gasteiger charge is -2.31. The van der Waals surface area contributed by atoms with Crippen molar-refractivity contribution in [2.75, 3.05) is 5.32 Å². The molecule has 7 heteroatoms. The molecule has 5 aromatic rings. The maximum absolute atomic E-state index is 14.1. The van der Waals surface area contributed by atoms with Crippen LogP contribution in [0.15, 0.2) is 91.1 Å². The lowest BCUT2D eigenvalue weighted by molar-refractivity contribution is 0.194. The number of fused-ring (bicyclic) bond motifs is 3. The molecule has 0 bridgehead atoms. The van der Waals surface area contributed by atoms with Crippen LogP contribution in [-0.4, -0.2) is 25.3 Å². The molecule has 1 aliphatic rings. The number of carbonyl (C=O) groups excluding carboxylic acids is 1. The molecule has 6 nitrogen and oxygen atoms in total. The van der Waals surface area contributed by atoms with Crippen LogP contribution in [0.25, 0.3) is 11.5 Å². The van der Waals surface area contributed by atoms with Crippen molar-refractivity contribution >= 4 is 23.3 Å². The molecule has 0 fully saturated rings. The number of aromatic nitrogens is 3. The summed E-state index contributed by atoms with van der Waals surface area (Å²) >= 11 is 6.25. The fourth-order valence-corrected chi connectivity index (χ4v) is 5.41. The first-order chi connectivity index (χ1) is 18.4. The molecule has 0 saturated carbocycles. The summed E-state index contributed by atoms with van der Waals surface area (Å²) in [5.74, 6) is 0.939. The Kier molecular flexibility index (Phi) is 6.04. The smallest absolute Gasteiger partial charge is 0.308 e. The van der Waals surface area contributed by atoms with E-state index in [9.17, 15) is 4.79 Å². The van der Waals surface area contributed by atoms with Crippen LogP contribution in [-0.2, 0) is 6.54 Å². The number of para-hydroxylation sites is 1. The molecule has 0 unspecified atom stereocenters. The number of nitrogens with zero attached hydrogens (tertiary/aromatic N) is 4. The minimum absolute atomic E-state index is 0.177. The van der Waals surface area contributed by atoms with Crippen LogP contribution in [0.5, 0.6) is 0 Å². The molecule has 0 spiro atoms. The highest BCUT2D eigenvalue weighted by molar-refractivity contribution is 6.30. The second-order valence-corrected chi connectivity index (χ2v) is 10.2. The lowest BCUT2D eigenvalue weighted by Crippen LogP contribution is -2.38. The average molecular weight is 522 g/mol. The Hall–Kier alpha value is -4.29. The minimum Gasteiger partial charge on any atom is -0.308 e. The highest BCUT2D eigenvalue weighted by Crippen LogP contribution is 2.39. The van der Waals surface area contributed by atoms with Crippen molar-refractivity contribution in [3.8, 4) is 11.5 Å². The zero-order valence-corrected chi connectivity index (χ0v) is 22.3. The number of aryl methyl sites for hydroxylation is 3. The molecule has 3 heterocycles. The van der Waals surface area contributed by atoms with E-state index in [1.165, 1.54) is 0 Å². The Morgan fingerprint density at radius 3 is 2.45 bits per heavy atom. The monoisotopic (exact) mass is 521 g/mol. The second kappa shape index (κ2) is 9.54. The van der Waals surface area contributed by atoms with E-state index in [1.54, 1.807) is 0 Å². The van der Waals surface area contributed by atoms with Crippen LogP contribution in [0.1, 0.15) is 39.7 Å². The predicted molar refractivity (Wildman–Crippen MR) is 151 cm³/mol. The Morgan fingerprint density at radius 2 is 1.71 bits per heavy atom. The van der Waals surface area contributed by atoms with Crippen LogP contribution in [0, 0.1) is 20.8 Å². The predicted octanol–water partition coefficient (Wildman–Crippen LogP) is 7.38. The van der Waals surface area contributed by atoms with E-state index < -0.39 is 0 Å². The third-order valence-electron chi connectivity index (χ3n) is 7.16. The molecule has 1 atom stereocenters. The van der Waals surface area contributed by atoms with E-state index in [-0.39, 0.29) is 12.1 Å². The molecule has 2 aromatic heterocycles. The van der Waals surface area contributed by atoms with Gasteiger partial charge in [-0.15, -0.1) is 0 Å². The number of rotatable bonds is 3. The van der Waals surface area contributed by atoms with Crippen molar-refractivity contribution in [3.63, 3.8) is 0 Å². The maximum atomic E-state index is 14.1. The van der Waals surface area contributed by atoms with E-state index >= 15 is 0 Å². The number of carbonyl (C=O) groups is 1. The third kappa shape index (κ3) is 4.17. The van der Waals surface area contributed by atoms with Crippen LogP contribution in [0.2, 0.25) is 5.02 Å². The topological polar surface area (TPSA) is 55.1 Å². The number of hydrogen-bond acceptors (Lipinski definition) is 2. The fraction of sp³-hybridized carbons (Fsp3) is 0.161. The van der Waals surface area contributed by atoms with Gasteiger partial charge in [0.1, 0.15) is 5.82 Å². The van der Waals surface area contributed by atoms with Gasteiger partial charge in [0.25, 0.3) is 0 Å². The van der Waals surface area contributed by atoms with Gasteiger partial charge in [-0.1, -0.05) is 59.6 Å². The molecule has 3 aromatic carbocycles. The Morgan fingerprint density at radius 1 is 0.947 bits per heavy atom. The van der Waals surface area contributed by atoms with Crippen molar-refractivity contribution in [1.29, 1.82) is 0 Å². The zero-order chi connectivity index (χ0) is 26.4. The molecular weight excluding hydrogens is 494 g/mol. The summed E-state index contributed by atoms with van der Waals surface area (Å²) in [5.41, 5.74) is 7.77. The molecule has 38 heavy (non-hydrogen) atoms. The van der Waals surface area contributed by atoms with E-state index in [2.05, 4.69) is 22.0 Å². The number of halogens is 1. The summed E-state index contributed by atoms with van der Waals surface area (Å²) in [7, 11) is 0. The SMILES string of the molecule is Cc1ccc(NC(=O)N2Cc3c(C)nn(-c4ccccc4)c3-n3cccc3[C@@H]2c2ccc(Cl)cc2)c(C)c1. The molecule has 0 radical (unpaired) electrons. The highest BCUT2D eigenvalue weighted by Gasteiger charge is 2.36. The van der Waals surface area contributed by atoms with Gasteiger partial charge in [-0.2, -0.15) is 5.10 Å². The largest absolute Gasteiger partial charge is 0.322 e. The molecule has 0 saturated heterocycles. The van der Waals surface area contributed by atoms with Crippen molar-refractivity contribution in [2.45, 2.75) is 33.4 Å². The Balaban J connectivity index is 1.53. The first-order valence-electron chi connectivity index (χ1n) is 12.6. The molecular formula is C31H28ClN5O. The van der Waals surface area contributed by atoms with Crippen molar-refractivity contribution in [3.05, 3.63) is 130 Å². The highest BCUT2D eigenvalue weighted by atomic mass is 35.5. The summed E-state index contributed by atoms with van der Waals surface area (Å²) in [6, 6.07) is 27.5. The summed E-state index contributed by atoms with van der Waals surface area (Å²) in [5, 5.41) is 8.75. The van der Waals surface area contributed by atoms with Crippen LogP contribution in [0.3, 0.4) is 0 Å². The molecule has 190 valence electrons.